The van der Waals surface area contributed by atoms with E-state index < -0.39 is 11.8 Å². The maximum atomic E-state index is 11.1. The van der Waals surface area contributed by atoms with Crippen LogP contribution in [0.25, 0.3) is 0 Å². The largest absolute Gasteiger partial charge is 0.375 e. The van der Waals surface area contributed by atoms with Gasteiger partial charge in [-0.3, -0.25) is 5.01 Å². The third kappa shape index (κ3) is 8.04. The van der Waals surface area contributed by atoms with E-state index in [9.17, 15) is 10.4 Å². The van der Waals surface area contributed by atoms with Gasteiger partial charge < -0.3 is 15.2 Å². The van der Waals surface area contributed by atoms with Crippen LogP contribution < -0.4 is 10.7 Å². The number of hydrogen-bond donors (Lipinski definition) is 3. The lowest BCUT2D eigenvalue weighted by molar-refractivity contribution is -0.0887. The summed E-state index contributed by atoms with van der Waals surface area (Å²) in [4.78, 5) is 0. The van der Waals surface area contributed by atoms with Gasteiger partial charge in [-0.2, -0.15) is 5.26 Å². The average Bonchev–Trinajstić information content (AvgIpc) is 3.71. The maximum Gasteiger partial charge on any atom is 0.181 e. The first-order valence-corrected chi connectivity index (χ1v) is 16.0. The topological polar surface area (TPSA) is 80.6 Å². The number of ether oxygens (including phenoxy) is 1. The molecule has 0 aromatic carbocycles. The molecule has 4 unspecified atom stereocenters. The first-order valence-electron chi connectivity index (χ1n) is 16.0. The van der Waals surface area contributed by atoms with Crippen LogP contribution in [-0.2, 0) is 4.74 Å². The molecule has 3 aliphatic carbocycles. The van der Waals surface area contributed by atoms with Crippen molar-refractivity contribution in [3.05, 3.63) is 94.6 Å². The summed E-state index contributed by atoms with van der Waals surface area (Å²) in [6, 6.07) is 2.32. The molecular formula is C36H54N4O2. The molecule has 0 amide bonds. The number of nitriles is 1. The van der Waals surface area contributed by atoms with Crippen LogP contribution >= 0.6 is 0 Å². The molecule has 0 spiro atoms. The Labute approximate surface area is 255 Å². The molecule has 0 aromatic rings. The molecule has 42 heavy (non-hydrogen) atoms. The van der Waals surface area contributed by atoms with Crippen molar-refractivity contribution in [1.82, 2.24) is 15.8 Å². The third-order valence-electron chi connectivity index (χ3n) is 8.03. The lowest BCUT2D eigenvalue weighted by Gasteiger charge is -2.38. The van der Waals surface area contributed by atoms with Crippen LogP contribution in [0.15, 0.2) is 94.6 Å². The molecule has 1 fully saturated rings. The quantitative estimate of drug-likeness (QED) is 0.299. The van der Waals surface area contributed by atoms with Gasteiger partial charge in [0, 0.05) is 24.6 Å². The molecule has 1 saturated heterocycles. The predicted octanol–water partition coefficient (Wildman–Crippen LogP) is 7.89. The van der Waals surface area contributed by atoms with Crippen molar-refractivity contribution in [2.24, 2.45) is 11.8 Å². The molecule has 5 aliphatic rings. The van der Waals surface area contributed by atoms with E-state index >= 15 is 0 Å². The van der Waals surface area contributed by atoms with E-state index in [0.717, 1.165) is 54.0 Å². The SMILES string of the molecule is C/C(C1=CCNN1C1=CCC(C#N)C=C1)=C(/C)C1(NC2=CC(C3C=CC=CC3)=CCC2)CCOC1O.CC.CC.CC. The molecule has 230 valence electrons. The molecule has 6 heteroatoms. The lowest BCUT2D eigenvalue weighted by atomic mass is 9.82. The molecule has 2 aliphatic heterocycles. The first-order chi connectivity index (χ1) is 20.5. The van der Waals surface area contributed by atoms with Crippen LogP contribution in [0.4, 0.5) is 0 Å². The van der Waals surface area contributed by atoms with Crippen LogP contribution in [0.3, 0.4) is 0 Å². The van der Waals surface area contributed by atoms with Gasteiger partial charge in [0.05, 0.1) is 30.0 Å². The Kier molecular flexibility index (Phi) is 14.8. The fourth-order valence-electron chi connectivity index (χ4n) is 5.74. The highest BCUT2D eigenvalue weighted by atomic mass is 16.6. The maximum absolute atomic E-state index is 11.1. The average molecular weight is 575 g/mol. The minimum atomic E-state index is -0.922. The van der Waals surface area contributed by atoms with Gasteiger partial charge in [0.1, 0.15) is 5.54 Å². The monoisotopic (exact) mass is 574 g/mol. The van der Waals surface area contributed by atoms with Crippen molar-refractivity contribution in [3.63, 3.8) is 0 Å². The molecule has 0 saturated carbocycles. The van der Waals surface area contributed by atoms with Crippen molar-refractivity contribution in [1.29, 1.82) is 5.26 Å². The van der Waals surface area contributed by atoms with Crippen molar-refractivity contribution >= 4 is 0 Å². The number of nitrogens with one attached hydrogen (secondary N) is 2. The zero-order chi connectivity index (χ0) is 31.1. The van der Waals surface area contributed by atoms with E-state index in [1.54, 1.807) is 0 Å². The summed E-state index contributed by atoms with van der Waals surface area (Å²) in [5, 5.41) is 26.2. The molecule has 3 N–H and O–H groups in total. The molecular weight excluding hydrogens is 520 g/mol. The van der Waals surface area contributed by atoms with Gasteiger partial charge in [0.15, 0.2) is 6.29 Å². The summed E-state index contributed by atoms with van der Waals surface area (Å²) in [7, 11) is 0. The fraction of sp³-hybridized carbons (Fsp3) is 0.528. The van der Waals surface area contributed by atoms with Crippen LogP contribution in [0.2, 0.25) is 0 Å². The van der Waals surface area contributed by atoms with Gasteiger partial charge >= 0.3 is 0 Å². The number of hydrazine groups is 1. The van der Waals surface area contributed by atoms with Crippen molar-refractivity contribution in [3.8, 4) is 6.07 Å². The minimum absolute atomic E-state index is 0.0664. The van der Waals surface area contributed by atoms with E-state index in [2.05, 4.69) is 84.3 Å². The smallest absolute Gasteiger partial charge is 0.181 e. The summed E-state index contributed by atoms with van der Waals surface area (Å²) in [6.45, 7) is 17.5. The standard InChI is InChI=1S/C30H36N4O2.3C2H6/c1-21(28-15-17-32-34(28)27-13-11-23(20-31)12-14-27)22(2)30(16-18-36-29(30)35)33-26-10-6-9-25(19-26)24-7-4-3-5-8-24;3*1-2/h3-5,7,9,11,13-15,19,23-24,29,32-33,35H,6,8,10,12,16-18H2,1-2H3;3*1-2H3/b22-21+;;;. The molecule has 6 nitrogen and oxygen atoms in total. The van der Waals surface area contributed by atoms with Gasteiger partial charge in [-0.25, -0.2) is 5.43 Å². The first kappa shape index (κ1) is 35.1. The summed E-state index contributed by atoms with van der Waals surface area (Å²) in [5.41, 5.74) is 9.57. The number of aliphatic hydroxyl groups is 1. The van der Waals surface area contributed by atoms with E-state index in [1.165, 1.54) is 5.57 Å². The second-order valence-electron chi connectivity index (χ2n) is 10.1. The highest BCUT2D eigenvalue weighted by Gasteiger charge is 2.46. The Morgan fingerprint density at radius 3 is 2.43 bits per heavy atom. The van der Waals surface area contributed by atoms with E-state index in [-0.39, 0.29) is 5.92 Å². The fourth-order valence-corrected chi connectivity index (χ4v) is 5.74. The lowest BCUT2D eigenvalue weighted by Crippen LogP contribution is -2.53. The van der Waals surface area contributed by atoms with E-state index in [1.807, 2.05) is 53.7 Å². The molecule has 2 heterocycles. The molecule has 4 atom stereocenters. The van der Waals surface area contributed by atoms with Gasteiger partial charge in [-0.05, 0) is 74.5 Å². The Bertz CT molecular complexity index is 1180. The van der Waals surface area contributed by atoms with Crippen molar-refractivity contribution < 1.29 is 9.84 Å². The number of nitrogens with zero attached hydrogens (tertiary/aromatic N) is 2. The number of rotatable bonds is 6. The number of aliphatic hydroxyl groups excluding tert-OH is 1. The number of hydrogen-bond acceptors (Lipinski definition) is 6. The normalized spacial score (nSPS) is 28.2. The summed E-state index contributed by atoms with van der Waals surface area (Å²) < 4.78 is 5.75. The molecule has 5 rings (SSSR count). The highest BCUT2D eigenvalue weighted by molar-refractivity contribution is 5.44. The van der Waals surface area contributed by atoms with Crippen LogP contribution in [0.1, 0.15) is 87.5 Å². The predicted molar refractivity (Wildman–Crippen MR) is 176 cm³/mol. The zero-order valence-electron chi connectivity index (χ0n) is 27.2. The van der Waals surface area contributed by atoms with Gasteiger partial charge in [-0.15, -0.1) is 0 Å². The third-order valence-corrected chi connectivity index (χ3v) is 8.03. The second kappa shape index (κ2) is 17.8. The molecule has 0 aromatic heterocycles. The van der Waals surface area contributed by atoms with Gasteiger partial charge in [0.25, 0.3) is 0 Å². The van der Waals surface area contributed by atoms with E-state index in [4.69, 9.17) is 4.74 Å². The van der Waals surface area contributed by atoms with Crippen LogP contribution in [0.5, 0.6) is 0 Å². The summed E-state index contributed by atoms with van der Waals surface area (Å²) >= 11 is 0. The van der Waals surface area contributed by atoms with Gasteiger partial charge in [-0.1, -0.05) is 84.1 Å². The summed E-state index contributed by atoms with van der Waals surface area (Å²) in [6.07, 6.45) is 25.1. The van der Waals surface area contributed by atoms with Gasteiger partial charge in [0.2, 0.25) is 0 Å². The van der Waals surface area contributed by atoms with E-state index in [0.29, 0.717) is 25.4 Å². The van der Waals surface area contributed by atoms with Crippen LogP contribution in [0, 0.1) is 23.2 Å². The molecule has 0 bridgehead atoms. The highest BCUT2D eigenvalue weighted by Crippen LogP contribution is 2.39. The van der Waals surface area contributed by atoms with Crippen LogP contribution in [-0.4, -0.2) is 35.1 Å². The Balaban J connectivity index is 0.000000966. The Hall–Kier alpha value is -3.11. The zero-order valence-corrected chi connectivity index (χ0v) is 27.2. The minimum Gasteiger partial charge on any atom is -0.375 e. The Morgan fingerprint density at radius 2 is 1.83 bits per heavy atom. The molecule has 0 radical (unpaired) electrons. The summed E-state index contributed by atoms with van der Waals surface area (Å²) in [5.74, 6) is 0.343. The second-order valence-corrected chi connectivity index (χ2v) is 10.1. The number of allylic oxidation sites excluding steroid dienone is 12. The van der Waals surface area contributed by atoms with Crippen molar-refractivity contribution in [2.45, 2.75) is 99.3 Å². The Morgan fingerprint density at radius 1 is 1.07 bits per heavy atom. The van der Waals surface area contributed by atoms with Crippen molar-refractivity contribution in [2.75, 3.05) is 13.2 Å².